The Balaban J connectivity index is 1.83. The molecule has 1 fully saturated rings. The SMILES string of the molecule is CCOC(=O)Nc1cccc2c1C(=O)C(c1ccccc1)C21CCCC1. The standard InChI is InChI=1S/C22H23NO3/c1-2-26-21(25)23-17-12-8-11-16-18(17)20(24)19(15-9-4-3-5-10-15)22(16)13-6-7-14-22/h3-5,8-12,19H,2,6-7,13-14H2,1H3,(H,23,25). The number of amides is 1. The molecule has 0 aromatic heterocycles. The number of hydrogen-bond donors (Lipinski definition) is 1. The highest BCUT2D eigenvalue weighted by Crippen LogP contribution is 2.58. The number of ether oxygens (including phenoxy) is 1. The molecule has 0 saturated heterocycles. The van der Waals surface area contributed by atoms with Crippen LogP contribution in [0.2, 0.25) is 0 Å². The Labute approximate surface area is 153 Å². The Morgan fingerprint density at radius 3 is 2.54 bits per heavy atom. The molecule has 1 atom stereocenters. The summed E-state index contributed by atoms with van der Waals surface area (Å²) in [6, 6.07) is 15.9. The first-order valence-corrected chi connectivity index (χ1v) is 9.34. The van der Waals surface area contributed by atoms with Crippen LogP contribution in [0.25, 0.3) is 0 Å². The second-order valence-corrected chi connectivity index (χ2v) is 7.14. The number of carbonyl (C=O) groups excluding carboxylic acids is 2. The third-order valence-corrected chi connectivity index (χ3v) is 5.80. The molecule has 2 aliphatic rings. The molecular formula is C22H23NO3. The first-order valence-electron chi connectivity index (χ1n) is 9.34. The van der Waals surface area contributed by atoms with Crippen LogP contribution in [0, 0.1) is 0 Å². The average Bonchev–Trinajstić information content (AvgIpc) is 3.21. The summed E-state index contributed by atoms with van der Waals surface area (Å²) in [5.74, 6) is -0.0631. The smallest absolute Gasteiger partial charge is 0.411 e. The van der Waals surface area contributed by atoms with E-state index in [0.29, 0.717) is 17.9 Å². The van der Waals surface area contributed by atoms with Gasteiger partial charge < -0.3 is 4.74 Å². The molecule has 0 bridgehead atoms. The predicted octanol–water partition coefficient (Wildman–Crippen LogP) is 5.05. The van der Waals surface area contributed by atoms with E-state index in [1.165, 1.54) is 0 Å². The molecule has 26 heavy (non-hydrogen) atoms. The monoisotopic (exact) mass is 349 g/mol. The molecule has 1 spiro atoms. The Hall–Kier alpha value is -2.62. The molecule has 1 N–H and O–H groups in total. The first kappa shape index (κ1) is 16.8. The minimum atomic E-state index is -0.516. The predicted molar refractivity (Wildman–Crippen MR) is 101 cm³/mol. The molecule has 2 aromatic rings. The molecular weight excluding hydrogens is 326 g/mol. The Bertz CT molecular complexity index is 838. The van der Waals surface area contributed by atoms with Gasteiger partial charge in [0.25, 0.3) is 0 Å². The van der Waals surface area contributed by atoms with Gasteiger partial charge in [0, 0.05) is 11.0 Å². The second-order valence-electron chi connectivity index (χ2n) is 7.14. The zero-order valence-corrected chi connectivity index (χ0v) is 15.0. The van der Waals surface area contributed by atoms with Gasteiger partial charge in [0.1, 0.15) is 0 Å². The largest absolute Gasteiger partial charge is 0.450 e. The van der Waals surface area contributed by atoms with E-state index in [2.05, 4.69) is 11.4 Å². The lowest BCUT2D eigenvalue weighted by molar-refractivity contribution is 0.0943. The number of ketones is 1. The maximum atomic E-state index is 13.5. The summed E-state index contributed by atoms with van der Waals surface area (Å²) in [7, 11) is 0. The lowest BCUT2D eigenvalue weighted by atomic mass is 9.70. The number of rotatable bonds is 3. The van der Waals surface area contributed by atoms with Crippen LogP contribution < -0.4 is 5.32 Å². The summed E-state index contributed by atoms with van der Waals surface area (Å²) in [5, 5.41) is 2.77. The summed E-state index contributed by atoms with van der Waals surface area (Å²) in [5.41, 5.74) is 3.23. The van der Waals surface area contributed by atoms with Gasteiger partial charge in [-0.05, 0) is 37.0 Å². The lowest BCUT2D eigenvalue weighted by Gasteiger charge is -2.31. The van der Waals surface area contributed by atoms with Crippen LogP contribution in [0.5, 0.6) is 0 Å². The van der Waals surface area contributed by atoms with Crippen molar-refractivity contribution < 1.29 is 14.3 Å². The maximum absolute atomic E-state index is 13.5. The summed E-state index contributed by atoms with van der Waals surface area (Å²) >= 11 is 0. The normalized spacial score (nSPS) is 20.2. The molecule has 1 unspecified atom stereocenters. The fraction of sp³-hybridized carbons (Fsp3) is 0.364. The fourth-order valence-corrected chi connectivity index (χ4v) is 4.84. The number of anilines is 1. The molecule has 1 saturated carbocycles. The molecule has 0 radical (unpaired) electrons. The molecule has 4 nitrogen and oxygen atoms in total. The summed E-state index contributed by atoms with van der Waals surface area (Å²) in [6.07, 6.45) is 3.76. The Morgan fingerprint density at radius 2 is 1.85 bits per heavy atom. The molecule has 0 heterocycles. The van der Waals surface area contributed by atoms with E-state index in [9.17, 15) is 9.59 Å². The Kier molecular flexibility index (Phi) is 4.27. The van der Waals surface area contributed by atoms with Gasteiger partial charge in [0.2, 0.25) is 0 Å². The highest BCUT2D eigenvalue weighted by atomic mass is 16.5. The molecule has 134 valence electrons. The molecule has 0 aliphatic heterocycles. The molecule has 1 amide bonds. The number of nitrogens with one attached hydrogen (secondary N) is 1. The highest BCUT2D eigenvalue weighted by Gasteiger charge is 2.54. The topological polar surface area (TPSA) is 55.4 Å². The van der Waals surface area contributed by atoms with E-state index in [1.54, 1.807) is 13.0 Å². The van der Waals surface area contributed by atoms with Crippen molar-refractivity contribution in [3.05, 3.63) is 65.2 Å². The van der Waals surface area contributed by atoms with Gasteiger partial charge in [-0.1, -0.05) is 55.3 Å². The van der Waals surface area contributed by atoms with Crippen molar-refractivity contribution in [2.45, 2.75) is 43.9 Å². The van der Waals surface area contributed by atoms with Gasteiger partial charge >= 0.3 is 6.09 Å². The van der Waals surface area contributed by atoms with Crippen molar-refractivity contribution in [3.8, 4) is 0 Å². The van der Waals surface area contributed by atoms with Gasteiger partial charge in [-0.25, -0.2) is 4.79 Å². The van der Waals surface area contributed by atoms with Crippen LogP contribution in [-0.2, 0) is 10.2 Å². The van der Waals surface area contributed by atoms with Gasteiger partial charge in [0.05, 0.1) is 18.2 Å². The van der Waals surface area contributed by atoms with Crippen molar-refractivity contribution in [1.82, 2.24) is 0 Å². The van der Waals surface area contributed by atoms with Crippen molar-refractivity contribution >= 4 is 17.6 Å². The van der Waals surface area contributed by atoms with E-state index >= 15 is 0 Å². The quantitative estimate of drug-likeness (QED) is 0.844. The van der Waals surface area contributed by atoms with Crippen LogP contribution in [-0.4, -0.2) is 18.5 Å². The van der Waals surface area contributed by atoms with Crippen molar-refractivity contribution in [2.75, 3.05) is 11.9 Å². The van der Waals surface area contributed by atoms with Gasteiger partial charge in [-0.3, -0.25) is 10.1 Å². The second kappa shape index (κ2) is 6.60. The minimum absolute atomic E-state index is 0.112. The third-order valence-electron chi connectivity index (χ3n) is 5.80. The number of benzene rings is 2. The molecule has 4 rings (SSSR count). The zero-order valence-electron chi connectivity index (χ0n) is 15.0. The van der Waals surface area contributed by atoms with Crippen molar-refractivity contribution in [1.29, 1.82) is 0 Å². The van der Waals surface area contributed by atoms with Crippen LogP contribution in [0.1, 0.15) is 60.0 Å². The van der Waals surface area contributed by atoms with Gasteiger partial charge in [-0.15, -0.1) is 0 Å². The van der Waals surface area contributed by atoms with Crippen molar-refractivity contribution in [2.24, 2.45) is 0 Å². The minimum Gasteiger partial charge on any atom is -0.450 e. The number of fused-ring (bicyclic) bond motifs is 2. The van der Waals surface area contributed by atoms with Crippen LogP contribution in [0.15, 0.2) is 48.5 Å². The van der Waals surface area contributed by atoms with E-state index in [-0.39, 0.29) is 17.1 Å². The Morgan fingerprint density at radius 1 is 1.12 bits per heavy atom. The average molecular weight is 349 g/mol. The molecule has 2 aliphatic carbocycles. The zero-order chi connectivity index (χ0) is 18.1. The van der Waals surface area contributed by atoms with Crippen LogP contribution in [0.4, 0.5) is 10.5 Å². The maximum Gasteiger partial charge on any atom is 0.411 e. The van der Waals surface area contributed by atoms with E-state index < -0.39 is 6.09 Å². The number of Topliss-reactive ketones (excluding diaryl/α,β-unsaturated/α-hetero) is 1. The van der Waals surface area contributed by atoms with Crippen molar-refractivity contribution in [3.63, 3.8) is 0 Å². The fourth-order valence-electron chi connectivity index (χ4n) is 4.84. The number of hydrogen-bond acceptors (Lipinski definition) is 3. The van der Waals surface area contributed by atoms with E-state index in [4.69, 9.17) is 4.74 Å². The number of carbonyl (C=O) groups is 2. The lowest BCUT2D eigenvalue weighted by Crippen LogP contribution is -2.28. The molecule has 2 aromatic carbocycles. The first-order chi connectivity index (χ1) is 12.7. The van der Waals surface area contributed by atoms with Crippen LogP contribution in [0.3, 0.4) is 0 Å². The van der Waals surface area contributed by atoms with Crippen LogP contribution >= 0.6 is 0 Å². The highest BCUT2D eigenvalue weighted by molar-refractivity contribution is 6.12. The van der Waals surface area contributed by atoms with E-state index in [1.807, 2.05) is 36.4 Å². The molecule has 4 heteroatoms. The van der Waals surface area contributed by atoms with Gasteiger partial charge in [-0.2, -0.15) is 0 Å². The summed E-state index contributed by atoms with van der Waals surface area (Å²) in [4.78, 5) is 25.5. The third kappa shape index (κ3) is 2.52. The van der Waals surface area contributed by atoms with E-state index in [0.717, 1.165) is 36.8 Å². The van der Waals surface area contributed by atoms with Gasteiger partial charge in [0.15, 0.2) is 5.78 Å². The summed E-state index contributed by atoms with van der Waals surface area (Å²) in [6.45, 7) is 2.06. The summed E-state index contributed by atoms with van der Waals surface area (Å²) < 4.78 is 5.01.